The molecule has 48 valence electrons. The lowest BCUT2D eigenvalue weighted by molar-refractivity contribution is -0.604. The summed E-state index contributed by atoms with van der Waals surface area (Å²) in [5.41, 5.74) is 0. The second-order valence-corrected chi connectivity index (χ2v) is 1.88. The molecule has 0 aliphatic carbocycles. The Hall–Kier alpha value is -0.830. The molecular formula is C5H3ClFNO. The Balaban J connectivity index is 3.17. The van der Waals surface area contributed by atoms with Gasteiger partial charge in [-0.3, -0.25) is 0 Å². The molecular weight excluding hydrogens is 145 g/mol. The molecule has 0 radical (unpaired) electrons. The number of aromatic nitrogens is 1. The highest BCUT2D eigenvalue weighted by molar-refractivity contribution is 6.28. The quantitative estimate of drug-likeness (QED) is 0.307. The molecule has 0 bridgehead atoms. The minimum Gasteiger partial charge on any atom is -0.618 e. The van der Waals surface area contributed by atoms with Crippen LogP contribution in [0.25, 0.3) is 0 Å². The molecule has 0 aromatic carbocycles. The first-order valence-electron chi connectivity index (χ1n) is 2.24. The lowest BCUT2D eigenvalue weighted by Gasteiger charge is -1.94. The molecule has 1 aromatic heterocycles. The number of pyridine rings is 1. The monoisotopic (exact) mass is 147 g/mol. The molecule has 1 rings (SSSR count). The summed E-state index contributed by atoms with van der Waals surface area (Å²) in [6, 6.07) is 2.32. The fourth-order valence-electron chi connectivity index (χ4n) is 0.439. The first-order chi connectivity index (χ1) is 4.20. The number of rotatable bonds is 0. The van der Waals surface area contributed by atoms with E-state index in [9.17, 15) is 9.60 Å². The fraction of sp³-hybridized carbons (Fsp3) is 0. The molecule has 0 amide bonds. The van der Waals surface area contributed by atoms with E-state index in [1.165, 1.54) is 6.07 Å². The largest absolute Gasteiger partial charge is 0.618 e. The van der Waals surface area contributed by atoms with Crippen molar-refractivity contribution in [3.05, 3.63) is 34.5 Å². The van der Waals surface area contributed by atoms with Gasteiger partial charge >= 0.3 is 0 Å². The van der Waals surface area contributed by atoms with Crippen LogP contribution in [0.4, 0.5) is 4.39 Å². The average Bonchev–Trinajstić information content (AvgIpc) is 1.80. The minimum absolute atomic E-state index is 0.0311. The molecule has 0 saturated heterocycles. The molecule has 9 heavy (non-hydrogen) atoms. The van der Waals surface area contributed by atoms with Crippen LogP contribution in [0, 0.1) is 11.0 Å². The zero-order valence-electron chi connectivity index (χ0n) is 4.34. The first kappa shape index (κ1) is 6.29. The summed E-state index contributed by atoms with van der Waals surface area (Å²) in [6.45, 7) is 0. The van der Waals surface area contributed by atoms with Crippen LogP contribution in [-0.4, -0.2) is 0 Å². The normalized spacial score (nSPS) is 9.56. The van der Waals surface area contributed by atoms with E-state index in [0.29, 0.717) is 0 Å². The summed E-state index contributed by atoms with van der Waals surface area (Å²) >= 11 is 5.26. The van der Waals surface area contributed by atoms with Crippen molar-refractivity contribution in [1.29, 1.82) is 0 Å². The molecule has 2 nitrogen and oxygen atoms in total. The van der Waals surface area contributed by atoms with Gasteiger partial charge in [-0.25, -0.2) is 4.39 Å². The smallest absolute Gasteiger partial charge is 0.286 e. The molecule has 1 aromatic rings. The van der Waals surface area contributed by atoms with E-state index in [-0.39, 0.29) is 9.88 Å². The van der Waals surface area contributed by atoms with Gasteiger partial charge < -0.3 is 5.21 Å². The Bertz CT molecular complexity index is 228. The maximum atomic E-state index is 12.1. The lowest BCUT2D eigenvalue weighted by atomic mass is 10.5. The standard InChI is InChI=1S/C5H3ClFNO/c6-5-2-1-4(7)3-8(5)9/h1-3H. The molecule has 0 saturated carbocycles. The summed E-state index contributed by atoms with van der Waals surface area (Å²) in [6.07, 6.45) is 0.766. The average molecular weight is 148 g/mol. The number of halogens is 2. The second kappa shape index (κ2) is 2.19. The molecule has 0 fully saturated rings. The summed E-state index contributed by atoms with van der Waals surface area (Å²) in [4.78, 5) is 0. The van der Waals surface area contributed by atoms with Crippen LogP contribution in [0.2, 0.25) is 5.15 Å². The molecule has 0 N–H and O–H groups in total. The molecule has 0 spiro atoms. The maximum absolute atomic E-state index is 12.1. The van der Waals surface area contributed by atoms with Crippen molar-refractivity contribution in [3.8, 4) is 0 Å². The summed E-state index contributed by atoms with van der Waals surface area (Å²) in [5, 5.41) is 10.4. The third-order valence-corrected chi connectivity index (χ3v) is 1.12. The predicted octanol–water partition coefficient (Wildman–Crippen LogP) is 1.11. The topological polar surface area (TPSA) is 26.9 Å². The van der Waals surface area contributed by atoms with E-state index in [2.05, 4.69) is 0 Å². The van der Waals surface area contributed by atoms with Gasteiger partial charge in [-0.1, -0.05) is 0 Å². The van der Waals surface area contributed by atoms with Gasteiger partial charge in [0.1, 0.15) is 0 Å². The molecule has 0 unspecified atom stereocenters. The minimum atomic E-state index is -0.589. The van der Waals surface area contributed by atoms with Crippen LogP contribution in [0.3, 0.4) is 0 Å². The van der Waals surface area contributed by atoms with Crippen LogP contribution in [0.15, 0.2) is 18.3 Å². The molecule has 0 aliphatic rings. The van der Waals surface area contributed by atoms with Gasteiger partial charge in [-0.05, 0) is 17.7 Å². The number of hydrogen-bond donors (Lipinski definition) is 0. The van der Waals surface area contributed by atoms with Crippen molar-refractivity contribution in [2.75, 3.05) is 0 Å². The second-order valence-electron chi connectivity index (χ2n) is 1.50. The highest BCUT2D eigenvalue weighted by atomic mass is 35.5. The van der Waals surface area contributed by atoms with Crippen molar-refractivity contribution in [3.63, 3.8) is 0 Å². The number of nitrogens with zero attached hydrogens (tertiary/aromatic N) is 1. The van der Waals surface area contributed by atoms with Crippen molar-refractivity contribution in [2.45, 2.75) is 0 Å². The van der Waals surface area contributed by atoms with Gasteiger partial charge in [0.2, 0.25) is 6.20 Å². The Kier molecular flexibility index (Phi) is 1.53. The Morgan fingerprint density at radius 3 is 2.67 bits per heavy atom. The van der Waals surface area contributed by atoms with Gasteiger partial charge in [-0.15, -0.1) is 0 Å². The Morgan fingerprint density at radius 2 is 2.22 bits per heavy atom. The molecule has 4 heteroatoms. The van der Waals surface area contributed by atoms with Gasteiger partial charge in [0, 0.05) is 6.07 Å². The zero-order valence-corrected chi connectivity index (χ0v) is 5.10. The number of hydrogen-bond acceptors (Lipinski definition) is 1. The fourth-order valence-corrected chi connectivity index (χ4v) is 0.550. The van der Waals surface area contributed by atoms with Crippen LogP contribution in [0.1, 0.15) is 0 Å². The first-order valence-corrected chi connectivity index (χ1v) is 2.62. The van der Waals surface area contributed by atoms with E-state index in [1.54, 1.807) is 0 Å². The Labute approximate surface area is 56.1 Å². The van der Waals surface area contributed by atoms with Gasteiger partial charge in [0.05, 0.1) is 0 Å². The Morgan fingerprint density at radius 1 is 1.56 bits per heavy atom. The summed E-state index contributed by atoms with van der Waals surface area (Å²) in [7, 11) is 0. The third kappa shape index (κ3) is 1.29. The van der Waals surface area contributed by atoms with Crippen LogP contribution in [0.5, 0.6) is 0 Å². The highest BCUT2D eigenvalue weighted by Crippen LogP contribution is 2.00. The van der Waals surface area contributed by atoms with E-state index < -0.39 is 5.82 Å². The molecule has 1 heterocycles. The van der Waals surface area contributed by atoms with Gasteiger partial charge in [-0.2, -0.15) is 4.73 Å². The SMILES string of the molecule is [O-][n+]1cc(F)ccc1Cl. The predicted molar refractivity (Wildman–Crippen MR) is 30.4 cm³/mol. The molecule has 0 atom stereocenters. The van der Waals surface area contributed by atoms with Crippen LogP contribution < -0.4 is 4.73 Å². The highest BCUT2D eigenvalue weighted by Gasteiger charge is 2.00. The lowest BCUT2D eigenvalue weighted by Crippen LogP contribution is -2.26. The van der Waals surface area contributed by atoms with Crippen molar-refractivity contribution < 1.29 is 9.12 Å². The molecule has 0 aliphatic heterocycles. The van der Waals surface area contributed by atoms with Crippen molar-refractivity contribution in [1.82, 2.24) is 0 Å². The van der Waals surface area contributed by atoms with Crippen LogP contribution >= 0.6 is 11.6 Å². The summed E-state index contributed by atoms with van der Waals surface area (Å²) in [5.74, 6) is -0.589. The van der Waals surface area contributed by atoms with E-state index in [0.717, 1.165) is 12.3 Å². The summed E-state index contributed by atoms with van der Waals surface area (Å²) < 4.78 is 12.3. The van der Waals surface area contributed by atoms with E-state index >= 15 is 0 Å². The van der Waals surface area contributed by atoms with E-state index in [4.69, 9.17) is 11.6 Å². The van der Waals surface area contributed by atoms with E-state index in [1.807, 2.05) is 0 Å². The van der Waals surface area contributed by atoms with Gasteiger partial charge in [0.15, 0.2) is 5.82 Å². The maximum Gasteiger partial charge on any atom is 0.286 e. The van der Waals surface area contributed by atoms with Crippen molar-refractivity contribution in [2.24, 2.45) is 0 Å². The zero-order chi connectivity index (χ0) is 6.85. The van der Waals surface area contributed by atoms with Crippen LogP contribution in [-0.2, 0) is 0 Å². The third-order valence-electron chi connectivity index (χ3n) is 0.831. The van der Waals surface area contributed by atoms with Gasteiger partial charge in [0.25, 0.3) is 5.15 Å². The van der Waals surface area contributed by atoms with Crippen molar-refractivity contribution >= 4 is 11.6 Å².